The Balaban J connectivity index is 2.47. The van der Waals surface area contributed by atoms with Crippen LogP contribution in [0.5, 0.6) is 0 Å². The number of pyridine rings is 1. The van der Waals surface area contributed by atoms with Gasteiger partial charge in [-0.2, -0.15) is 0 Å². The van der Waals surface area contributed by atoms with Crippen LogP contribution < -0.4 is 0 Å². The third-order valence-electron chi connectivity index (χ3n) is 1.61. The molecule has 2 heterocycles. The summed E-state index contributed by atoms with van der Waals surface area (Å²) in [6.45, 7) is 0. The normalized spacial score (nSPS) is 9.85. The lowest BCUT2D eigenvalue weighted by Gasteiger charge is -1.95. The molecule has 2 rings (SSSR count). The highest BCUT2D eigenvalue weighted by atomic mass is 32.1. The van der Waals surface area contributed by atoms with Crippen LogP contribution in [0.3, 0.4) is 0 Å². The van der Waals surface area contributed by atoms with Gasteiger partial charge in [-0.1, -0.05) is 0 Å². The van der Waals surface area contributed by atoms with Gasteiger partial charge in [0.05, 0.1) is 10.4 Å². The van der Waals surface area contributed by atoms with Crippen LogP contribution in [0.15, 0.2) is 30.2 Å². The maximum absolute atomic E-state index is 10.5. The number of aldehydes is 1. The summed E-state index contributed by atoms with van der Waals surface area (Å²) in [5, 5.41) is 0. The van der Waals surface area contributed by atoms with Gasteiger partial charge in [0.2, 0.25) is 0 Å². The molecule has 0 aliphatic heterocycles. The van der Waals surface area contributed by atoms with Gasteiger partial charge < -0.3 is 0 Å². The summed E-state index contributed by atoms with van der Waals surface area (Å²) < 4.78 is 0. The Labute approximate surface area is 79.1 Å². The van der Waals surface area contributed by atoms with Crippen LogP contribution >= 0.6 is 11.3 Å². The zero-order valence-corrected chi connectivity index (χ0v) is 7.49. The van der Waals surface area contributed by atoms with Gasteiger partial charge in [0.25, 0.3) is 0 Å². The molecule has 0 fully saturated rings. The molecule has 4 heteroatoms. The lowest BCUT2D eigenvalue weighted by atomic mass is 10.2. The maximum Gasteiger partial charge on any atom is 0.151 e. The van der Waals surface area contributed by atoms with E-state index in [2.05, 4.69) is 9.97 Å². The summed E-state index contributed by atoms with van der Waals surface area (Å²) in [5.74, 6) is 0. The maximum atomic E-state index is 10.5. The summed E-state index contributed by atoms with van der Waals surface area (Å²) in [4.78, 5) is 19.4. The summed E-state index contributed by atoms with van der Waals surface area (Å²) >= 11 is 1.53. The van der Waals surface area contributed by atoms with Crippen LogP contribution in [-0.2, 0) is 0 Å². The van der Waals surface area contributed by atoms with E-state index in [1.807, 2.05) is 0 Å². The Bertz CT molecular complexity index is 411. The molecule has 0 N–H and O–H groups in total. The van der Waals surface area contributed by atoms with Crippen molar-refractivity contribution in [3.8, 4) is 10.4 Å². The number of hydrogen-bond acceptors (Lipinski definition) is 4. The van der Waals surface area contributed by atoms with Crippen molar-refractivity contribution in [3.63, 3.8) is 0 Å². The van der Waals surface area contributed by atoms with Gasteiger partial charge in [0, 0.05) is 29.7 Å². The molecule has 0 spiro atoms. The summed E-state index contributed by atoms with van der Waals surface area (Å²) in [6, 6.07) is 1.80. The Morgan fingerprint density at radius 3 is 2.85 bits per heavy atom. The van der Waals surface area contributed by atoms with Crippen molar-refractivity contribution in [3.05, 3.63) is 35.7 Å². The lowest BCUT2D eigenvalue weighted by Crippen LogP contribution is -1.83. The van der Waals surface area contributed by atoms with Crippen LogP contribution in [0.2, 0.25) is 0 Å². The largest absolute Gasteiger partial charge is 0.298 e. The quantitative estimate of drug-likeness (QED) is 0.680. The molecule has 2 aromatic rings. The van der Waals surface area contributed by atoms with Crippen molar-refractivity contribution in [2.24, 2.45) is 0 Å². The highest BCUT2D eigenvalue weighted by molar-refractivity contribution is 7.13. The van der Waals surface area contributed by atoms with Crippen LogP contribution in [0.4, 0.5) is 0 Å². The Kier molecular flexibility index (Phi) is 2.14. The van der Waals surface area contributed by atoms with Gasteiger partial charge in [0.15, 0.2) is 6.29 Å². The minimum absolute atomic E-state index is 0.589. The minimum atomic E-state index is 0.589. The molecular formula is C9H6N2OS. The minimum Gasteiger partial charge on any atom is -0.298 e. The van der Waals surface area contributed by atoms with Crippen LogP contribution in [0.1, 0.15) is 10.4 Å². The Morgan fingerprint density at radius 2 is 2.15 bits per heavy atom. The molecule has 64 valence electrons. The fourth-order valence-corrected chi connectivity index (χ4v) is 1.62. The standard InChI is InChI=1S/C9H6N2OS/c12-5-7-1-8(3-10-2-7)9-4-11-6-13-9/h1-6H. The zero-order chi connectivity index (χ0) is 9.10. The molecule has 0 radical (unpaired) electrons. The predicted molar refractivity (Wildman–Crippen MR) is 50.7 cm³/mol. The molecule has 3 nitrogen and oxygen atoms in total. The second-order valence-electron chi connectivity index (χ2n) is 2.49. The first kappa shape index (κ1) is 8.07. The number of nitrogens with zero attached hydrogens (tertiary/aromatic N) is 2. The SMILES string of the molecule is O=Cc1cncc(-c2cncs2)c1. The topological polar surface area (TPSA) is 42.9 Å². The molecule has 0 aliphatic carbocycles. The monoisotopic (exact) mass is 190 g/mol. The summed E-state index contributed by atoms with van der Waals surface area (Å²) in [6.07, 6.45) is 5.81. The van der Waals surface area contributed by atoms with Crippen LogP contribution in [0.25, 0.3) is 10.4 Å². The van der Waals surface area contributed by atoms with E-state index in [1.165, 1.54) is 17.5 Å². The summed E-state index contributed by atoms with van der Waals surface area (Å²) in [5.41, 5.74) is 3.28. The lowest BCUT2D eigenvalue weighted by molar-refractivity contribution is 0.112. The molecule has 0 bridgehead atoms. The first-order valence-electron chi connectivity index (χ1n) is 3.69. The Morgan fingerprint density at radius 1 is 1.23 bits per heavy atom. The molecular weight excluding hydrogens is 184 g/mol. The third kappa shape index (κ3) is 1.62. The molecule has 13 heavy (non-hydrogen) atoms. The van der Waals surface area contributed by atoms with E-state index in [9.17, 15) is 4.79 Å². The average molecular weight is 190 g/mol. The molecule has 0 aliphatic rings. The predicted octanol–water partition coefficient (Wildman–Crippen LogP) is 2.02. The van der Waals surface area contributed by atoms with Crippen molar-refractivity contribution in [2.45, 2.75) is 0 Å². The summed E-state index contributed by atoms with van der Waals surface area (Å²) in [7, 11) is 0. The van der Waals surface area contributed by atoms with Crippen LogP contribution in [0, 0.1) is 0 Å². The molecule has 0 aromatic carbocycles. The fraction of sp³-hybridized carbons (Fsp3) is 0. The fourth-order valence-electron chi connectivity index (χ4n) is 1.02. The van der Waals surface area contributed by atoms with E-state index >= 15 is 0 Å². The Hall–Kier alpha value is -1.55. The van der Waals surface area contributed by atoms with E-state index in [1.54, 1.807) is 24.0 Å². The van der Waals surface area contributed by atoms with E-state index < -0.39 is 0 Å². The van der Waals surface area contributed by atoms with E-state index in [0.717, 1.165) is 16.7 Å². The molecule has 0 atom stereocenters. The number of carbonyl (C=O) groups is 1. The van der Waals surface area contributed by atoms with Gasteiger partial charge in [-0.25, -0.2) is 0 Å². The third-order valence-corrected chi connectivity index (χ3v) is 2.43. The first-order chi connectivity index (χ1) is 6.40. The molecule has 0 saturated carbocycles. The number of hydrogen-bond donors (Lipinski definition) is 0. The van der Waals surface area contributed by atoms with Crippen molar-refractivity contribution >= 4 is 17.6 Å². The van der Waals surface area contributed by atoms with Crippen LogP contribution in [-0.4, -0.2) is 16.3 Å². The highest BCUT2D eigenvalue weighted by Crippen LogP contribution is 2.22. The molecule has 0 saturated heterocycles. The average Bonchev–Trinajstić information content (AvgIpc) is 2.71. The van der Waals surface area contributed by atoms with E-state index in [0.29, 0.717) is 5.56 Å². The molecule has 0 amide bonds. The van der Waals surface area contributed by atoms with Gasteiger partial charge in [-0.3, -0.25) is 14.8 Å². The van der Waals surface area contributed by atoms with Gasteiger partial charge >= 0.3 is 0 Å². The number of thiazole rings is 1. The van der Waals surface area contributed by atoms with Crippen molar-refractivity contribution in [1.82, 2.24) is 9.97 Å². The van der Waals surface area contributed by atoms with Crippen molar-refractivity contribution in [2.75, 3.05) is 0 Å². The molecule has 0 unspecified atom stereocenters. The zero-order valence-electron chi connectivity index (χ0n) is 6.68. The number of aromatic nitrogens is 2. The van der Waals surface area contributed by atoms with E-state index in [4.69, 9.17) is 0 Å². The highest BCUT2D eigenvalue weighted by Gasteiger charge is 2.00. The van der Waals surface area contributed by atoms with Gasteiger partial charge in [0.1, 0.15) is 0 Å². The van der Waals surface area contributed by atoms with Crippen molar-refractivity contribution in [1.29, 1.82) is 0 Å². The second kappa shape index (κ2) is 3.45. The van der Waals surface area contributed by atoms with Crippen molar-refractivity contribution < 1.29 is 4.79 Å². The molecule has 2 aromatic heterocycles. The van der Waals surface area contributed by atoms with E-state index in [-0.39, 0.29) is 0 Å². The second-order valence-corrected chi connectivity index (χ2v) is 3.38. The van der Waals surface area contributed by atoms with Gasteiger partial charge in [-0.05, 0) is 6.07 Å². The number of rotatable bonds is 2. The van der Waals surface area contributed by atoms with Gasteiger partial charge in [-0.15, -0.1) is 11.3 Å². The smallest absolute Gasteiger partial charge is 0.151 e. The first-order valence-corrected chi connectivity index (χ1v) is 4.57. The number of carbonyl (C=O) groups excluding carboxylic acids is 1.